The molecule has 3 aromatic rings. The molecule has 6 heteroatoms. The number of hydrogen-bond donors (Lipinski definition) is 1. The highest BCUT2D eigenvalue weighted by atomic mass is 16.1. The molecule has 0 radical (unpaired) electrons. The van der Waals surface area contributed by atoms with Crippen LogP contribution in [-0.4, -0.2) is 19.7 Å². The summed E-state index contributed by atoms with van der Waals surface area (Å²) in [5.41, 5.74) is 8.20. The van der Waals surface area contributed by atoms with Crippen LogP contribution in [0.5, 0.6) is 0 Å². The first-order valence-electron chi connectivity index (χ1n) is 6.38. The largest absolute Gasteiger partial charge is 0.366 e. The first-order valence-corrected chi connectivity index (χ1v) is 6.38. The van der Waals surface area contributed by atoms with Gasteiger partial charge in [-0.3, -0.25) is 4.79 Å². The normalized spacial score (nSPS) is 10.5. The van der Waals surface area contributed by atoms with E-state index in [4.69, 9.17) is 5.73 Å². The summed E-state index contributed by atoms with van der Waals surface area (Å²) in [5, 5.41) is 7.91. The van der Waals surface area contributed by atoms with Crippen molar-refractivity contribution in [2.24, 2.45) is 7.05 Å². The Morgan fingerprint density at radius 1 is 1.00 bits per heavy atom. The molecule has 104 valence electrons. The van der Waals surface area contributed by atoms with Crippen LogP contribution in [0.4, 0.5) is 5.95 Å². The topological polar surface area (TPSA) is 86.7 Å². The first-order chi connectivity index (χ1) is 10.1. The average molecular weight is 279 g/mol. The number of benzene rings is 1. The van der Waals surface area contributed by atoms with Crippen molar-refractivity contribution >= 4 is 5.95 Å². The highest BCUT2D eigenvalue weighted by Gasteiger charge is 2.13. The zero-order valence-corrected chi connectivity index (χ0v) is 11.4. The van der Waals surface area contributed by atoms with E-state index in [9.17, 15) is 4.79 Å². The van der Waals surface area contributed by atoms with E-state index >= 15 is 0 Å². The van der Waals surface area contributed by atoms with Crippen LogP contribution < -0.4 is 11.3 Å². The summed E-state index contributed by atoms with van der Waals surface area (Å²) in [6, 6.07) is 12.9. The van der Waals surface area contributed by atoms with Gasteiger partial charge in [0.25, 0.3) is 5.56 Å². The van der Waals surface area contributed by atoms with Gasteiger partial charge in [0.2, 0.25) is 5.95 Å². The van der Waals surface area contributed by atoms with Gasteiger partial charge in [-0.25, -0.2) is 4.98 Å². The molecule has 0 amide bonds. The van der Waals surface area contributed by atoms with Crippen molar-refractivity contribution in [1.82, 2.24) is 19.7 Å². The SMILES string of the molecule is Cn1ccc(-c2nnc(N)nc2-c2ccccc2)cc1=O. The van der Waals surface area contributed by atoms with Gasteiger partial charge < -0.3 is 10.3 Å². The van der Waals surface area contributed by atoms with Crippen LogP contribution >= 0.6 is 0 Å². The Hall–Kier alpha value is -3.02. The second-order valence-electron chi connectivity index (χ2n) is 4.60. The molecule has 1 aromatic carbocycles. The molecule has 21 heavy (non-hydrogen) atoms. The third-order valence-corrected chi connectivity index (χ3v) is 3.13. The minimum Gasteiger partial charge on any atom is -0.366 e. The number of nitrogen functional groups attached to an aromatic ring is 1. The number of rotatable bonds is 2. The fraction of sp³-hybridized carbons (Fsp3) is 0.0667. The van der Waals surface area contributed by atoms with Crippen molar-refractivity contribution in [3.63, 3.8) is 0 Å². The van der Waals surface area contributed by atoms with Gasteiger partial charge in [-0.2, -0.15) is 0 Å². The lowest BCUT2D eigenvalue weighted by Crippen LogP contribution is -2.14. The highest BCUT2D eigenvalue weighted by molar-refractivity contribution is 5.77. The standard InChI is InChI=1S/C15H13N5O/c1-20-8-7-11(9-12(20)21)14-13(17-15(16)19-18-14)10-5-3-2-4-6-10/h2-9H,1H3,(H2,16,17,19). The Morgan fingerprint density at radius 3 is 2.48 bits per heavy atom. The second kappa shape index (κ2) is 5.16. The number of hydrogen-bond acceptors (Lipinski definition) is 5. The summed E-state index contributed by atoms with van der Waals surface area (Å²) in [6.07, 6.45) is 1.68. The van der Waals surface area contributed by atoms with Gasteiger partial charge in [0.05, 0.1) is 0 Å². The first kappa shape index (κ1) is 13.0. The maximum Gasteiger partial charge on any atom is 0.250 e. The van der Waals surface area contributed by atoms with Crippen molar-refractivity contribution in [1.29, 1.82) is 0 Å². The van der Waals surface area contributed by atoms with Gasteiger partial charge in [0, 0.05) is 30.4 Å². The molecule has 0 saturated carbocycles. The molecule has 0 aliphatic carbocycles. The highest BCUT2D eigenvalue weighted by Crippen LogP contribution is 2.27. The zero-order valence-electron chi connectivity index (χ0n) is 11.4. The molecule has 2 heterocycles. The fourth-order valence-electron chi connectivity index (χ4n) is 2.03. The molecule has 0 saturated heterocycles. The monoisotopic (exact) mass is 279 g/mol. The predicted octanol–water partition coefficient (Wildman–Crippen LogP) is 1.49. The number of nitrogens with zero attached hydrogens (tertiary/aromatic N) is 4. The van der Waals surface area contributed by atoms with Crippen LogP contribution in [0.15, 0.2) is 53.5 Å². The van der Waals surface area contributed by atoms with Crippen LogP contribution in [-0.2, 0) is 7.05 Å². The Labute approximate surface area is 120 Å². The maximum absolute atomic E-state index is 11.8. The number of pyridine rings is 1. The number of anilines is 1. The molecule has 0 bridgehead atoms. The zero-order chi connectivity index (χ0) is 14.8. The molecular formula is C15H13N5O. The maximum atomic E-state index is 11.8. The van der Waals surface area contributed by atoms with Gasteiger partial charge in [-0.1, -0.05) is 30.3 Å². The lowest BCUT2D eigenvalue weighted by Gasteiger charge is -2.08. The Kier molecular flexibility index (Phi) is 3.19. The molecule has 2 N–H and O–H groups in total. The summed E-state index contributed by atoms with van der Waals surface area (Å²) in [4.78, 5) is 16.1. The molecule has 0 spiro atoms. The van der Waals surface area contributed by atoms with Crippen LogP contribution in [0.2, 0.25) is 0 Å². The van der Waals surface area contributed by atoms with Gasteiger partial charge in [-0.05, 0) is 6.07 Å². The van der Waals surface area contributed by atoms with Crippen LogP contribution in [0.25, 0.3) is 22.5 Å². The number of nitrogens with two attached hydrogens (primary N) is 1. The van der Waals surface area contributed by atoms with Crippen LogP contribution in [0, 0.1) is 0 Å². The van der Waals surface area contributed by atoms with Crippen molar-refractivity contribution in [2.75, 3.05) is 5.73 Å². The summed E-state index contributed by atoms with van der Waals surface area (Å²) >= 11 is 0. The second-order valence-corrected chi connectivity index (χ2v) is 4.60. The summed E-state index contributed by atoms with van der Waals surface area (Å²) in [6.45, 7) is 0. The molecule has 2 aromatic heterocycles. The Balaban J connectivity index is 2.23. The van der Waals surface area contributed by atoms with Crippen molar-refractivity contribution < 1.29 is 0 Å². The van der Waals surface area contributed by atoms with Gasteiger partial charge >= 0.3 is 0 Å². The lowest BCUT2D eigenvalue weighted by atomic mass is 10.1. The minimum absolute atomic E-state index is 0.0986. The van der Waals surface area contributed by atoms with E-state index in [0.29, 0.717) is 17.0 Å². The number of aromatic nitrogens is 4. The minimum atomic E-state index is -0.120. The van der Waals surface area contributed by atoms with E-state index in [2.05, 4.69) is 15.2 Å². The van der Waals surface area contributed by atoms with Gasteiger partial charge in [0.1, 0.15) is 11.4 Å². The van der Waals surface area contributed by atoms with Gasteiger partial charge in [0.15, 0.2) is 0 Å². The van der Waals surface area contributed by atoms with Crippen molar-refractivity contribution in [2.45, 2.75) is 0 Å². The average Bonchev–Trinajstić information content (AvgIpc) is 2.51. The Morgan fingerprint density at radius 2 is 1.76 bits per heavy atom. The summed E-state index contributed by atoms with van der Waals surface area (Å²) in [5.74, 6) is 0.0986. The van der Waals surface area contributed by atoms with Gasteiger partial charge in [-0.15, -0.1) is 10.2 Å². The quantitative estimate of drug-likeness (QED) is 0.768. The third kappa shape index (κ3) is 2.51. The molecule has 0 aliphatic rings. The summed E-state index contributed by atoms with van der Waals surface area (Å²) < 4.78 is 1.49. The van der Waals surface area contributed by atoms with E-state index < -0.39 is 0 Å². The Bertz CT molecular complexity index is 842. The fourth-order valence-corrected chi connectivity index (χ4v) is 2.03. The lowest BCUT2D eigenvalue weighted by molar-refractivity contribution is 0.860. The van der Waals surface area contributed by atoms with E-state index in [1.54, 1.807) is 19.3 Å². The van der Waals surface area contributed by atoms with E-state index in [1.165, 1.54) is 10.6 Å². The third-order valence-electron chi connectivity index (χ3n) is 3.13. The molecule has 6 nitrogen and oxygen atoms in total. The van der Waals surface area contributed by atoms with E-state index in [-0.39, 0.29) is 11.5 Å². The van der Waals surface area contributed by atoms with E-state index in [0.717, 1.165) is 5.56 Å². The summed E-state index contributed by atoms with van der Waals surface area (Å²) in [7, 11) is 1.69. The van der Waals surface area contributed by atoms with Crippen LogP contribution in [0.3, 0.4) is 0 Å². The molecule has 0 atom stereocenters. The van der Waals surface area contributed by atoms with Crippen molar-refractivity contribution in [3.05, 3.63) is 59.0 Å². The van der Waals surface area contributed by atoms with E-state index in [1.807, 2.05) is 30.3 Å². The number of aryl methyl sites for hydroxylation is 1. The predicted molar refractivity (Wildman–Crippen MR) is 80.4 cm³/mol. The molecular weight excluding hydrogens is 266 g/mol. The molecule has 0 fully saturated rings. The smallest absolute Gasteiger partial charge is 0.250 e. The molecule has 3 rings (SSSR count). The van der Waals surface area contributed by atoms with Crippen molar-refractivity contribution in [3.8, 4) is 22.5 Å². The molecule has 0 aliphatic heterocycles. The molecule has 0 unspecified atom stereocenters. The van der Waals surface area contributed by atoms with Crippen LogP contribution in [0.1, 0.15) is 0 Å².